The van der Waals surface area contributed by atoms with Crippen molar-refractivity contribution in [1.29, 1.82) is 0 Å². The molecule has 2 unspecified atom stereocenters. The fraction of sp³-hybridized carbons (Fsp3) is 0.875. The van der Waals surface area contributed by atoms with Crippen LogP contribution in [0.3, 0.4) is 0 Å². The lowest BCUT2D eigenvalue weighted by atomic mass is 10.3. The van der Waals surface area contributed by atoms with Gasteiger partial charge >= 0.3 is 5.97 Å². The molecule has 0 aromatic rings. The van der Waals surface area contributed by atoms with E-state index in [9.17, 15) is 13.2 Å². The van der Waals surface area contributed by atoms with Crippen LogP contribution in [0.1, 0.15) is 20.3 Å². The van der Waals surface area contributed by atoms with E-state index >= 15 is 0 Å². The van der Waals surface area contributed by atoms with Gasteiger partial charge in [0.25, 0.3) is 0 Å². The minimum atomic E-state index is -3.81. The van der Waals surface area contributed by atoms with E-state index in [4.69, 9.17) is 10.2 Å². The van der Waals surface area contributed by atoms with Gasteiger partial charge in [-0.05, 0) is 20.3 Å². The highest BCUT2D eigenvalue weighted by Gasteiger charge is 2.31. The summed E-state index contributed by atoms with van der Waals surface area (Å²) in [5.41, 5.74) is 0. The number of aliphatic hydroxyl groups is 1. The fourth-order valence-electron chi connectivity index (χ4n) is 0.893. The normalized spacial score (nSPS) is 16.3. The van der Waals surface area contributed by atoms with Crippen molar-refractivity contribution in [2.75, 3.05) is 13.6 Å². The lowest BCUT2D eigenvalue weighted by Crippen LogP contribution is -2.39. The molecule has 0 spiro atoms. The van der Waals surface area contributed by atoms with E-state index < -0.39 is 27.3 Å². The van der Waals surface area contributed by atoms with Gasteiger partial charge in [-0.1, -0.05) is 0 Å². The first-order valence-electron chi connectivity index (χ1n) is 4.55. The van der Waals surface area contributed by atoms with E-state index in [1.165, 1.54) is 7.05 Å². The molecule has 0 heterocycles. The molecule has 90 valence electrons. The van der Waals surface area contributed by atoms with Crippen LogP contribution in [0, 0.1) is 0 Å². The lowest BCUT2D eigenvalue weighted by molar-refractivity contribution is -0.136. The van der Waals surface area contributed by atoms with Crippen LogP contribution in [0.5, 0.6) is 0 Å². The molecule has 0 saturated heterocycles. The Morgan fingerprint density at radius 1 is 1.40 bits per heavy atom. The number of rotatable bonds is 6. The maximum absolute atomic E-state index is 11.5. The van der Waals surface area contributed by atoms with Gasteiger partial charge in [0.2, 0.25) is 10.0 Å². The molecule has 0 fully saturated rings. The summed E-state index contributed by atoms with van der Waals surface area (Å²) in [6.07, 6.45) is -0.329. The number of hydrogen-bond donors (Lipinski definition) is 2. The zero-order chi connectivity index (χ0) is 12.2. The van der Waals surface area contributed by atoms with Crippen molar-refractivity contribution in [3.8, 4) is 0 Å². The van der Waals surface area contributed by atoms with Crippen LogP contribution >= 0.6 is 0 Å². The average molecular weight is 239 g/mol. The summed E-state index contributed by atoms with van der Waals surface area (Å²) in [7, 11) is -2.51. The lowest BCUT2D eigenvalue weighted by Gasteiger charge is -2.20. The second kappa shape index (κ2) is 5.43. The number of sulfonamides is 1. The molecule has 0 saturated carbocycles. The summed E-state index contributed by atoms with van der Waals surface area (Å²) in [6, 6.07) is 0. The number of carboxylic acids is 1. The number of carboxylic acid groups (broad SMARTS) is 1. The summed E-state index contributed by atoms with van der Waals surface area (Å²) >= 11 is 0. The number of carbonyl (C=O) groups is 1. The van der Waals surface area contributed by atoms with Crippen molar-refractivity contribution in [2.45, 2.75) is 31.6 Å². The molecule has 2 N–H and O–H groups in total. The van der Waals surface area contributed by atoms with Gasteiger partial charge in [-0.25, -0.2) is 12.7 Å². The summed E-state index contributed by atoms with van der Waals surface area (Å²) < 4.78 is 24.1. The molecular formula is C8H17NO5S. The first kappa shape index (κ1) is 14.3. The van der Waals surface area contributed by atoms with Gasteiger partial charge in [0.1, 0.15) is 0 Å². The van der Waals surface area contributed by atoms with E-state index in [2.05, 4.69) is 0 Å². The van der Waals surface area contributed by atoms with Crippen molar-refractivity contribution in [2.24, 2.45) is 0 Å². The van der Waals surface area contributed by atoms with Crippen LogP contribution < -0.4 is 0 Å². The third-order valence-electron chi connectivity index (χ3n) is 2.09. The van der Waals surface area contributed by atoms with E-state index in [0.29, 0.717) is 0 Å². The Hall–Kier alpha value is -0.660. The molecule has 15 heavy (non-hydrogen) atoms. The van der Waals surface area contributed by atoms with Crippen molar-refractivity contribution in [1.82, 2.24) is 4.31 Å². The Morgan fingerprint density at radius 3 is 2.20 bits per heavy atom. The number of aliphatic hydroxyl groups excluding tert-OH is 1. The highest BCUT2D eigenvalue weighted by atomic mass is 32.2. The van der Waals surface area contributed by atoms with Crippen molar-refractivity contribution in [3.63, 3.8) is 0 Å². The van der Waals surface area contributed by atoms with Gasteiger partial charge in [0, 0.05) is 13.6 Å². The number of nitrogens with zero attached hydrogens (tertiary/aromatic N) is 1. The highest BCUT2D eigenvalue weighted by molar-refractivity contribution is 7.90. The Labute approximate surface area is 89.6 Å². The summed E-state index contributed by atoms with van der Waals surface area (Å²) in [6.45, 7) is 2.77. The highest BCUT2D eigenvalue weighted by Crippen LogP contribution is 2.08. The molecule has 0 aliphatic carbocycles. The Bertz CT molecular complexity index is 311. The van der Waals surface area contributed by atoms with Gasteiger partial charge in [-0.2, -0.15) is 0 Å². The minimum Gasteiger partial charge on any atom is -0.480 e. The van der Waals surface area contributed by atoms with Crippen molar-refractivity contribution < 1.29 is 23.4 Å². The predicted molar refractivity (Wildman–Crippen MR) is 54.9 cm³/mol. The molecule has 0 radical (unpaired) electrons. The van der Waals surface area contributed by atoms with Crippen LogP contribution in [0.4, 0.5) is 0 Å². The summed E-state index contributed by atoms with van der Waals surface area (Å²) in [4.78, 5) is 10.5. The minimum absolute atomic E-state index is 0.109. The number of aliphatic carboxylic acids is 1. The maximum Gasteiger partial charge on any atom is 0.323 e. The molecule has 0 rings (SSSR count). The number of hydrogen-bond acceptors (Lipinski definition) is 4. The molecule has 7 heteroatoms. The van der Waals surface area contributed by atoms with Crippen LogP contribution in [0.15, 0.2) is 0 Å². The second-order valence-corrected chi connectivity index (χ2v) is 5.85. The Kier molecular flexibility index (Phi) is 5.19. The first-order valence-corrected chi connectivity index (χ1v) is 6.06. The standard InChI is InChI=1S/C8H17NO5S/c1-6(10)4-5-9(3)15(13,14)7(2)8(11)12/h6-7,10H,4-5H2,1-3H3,(H,11,12). The van der Waals surface area contributed by atoms with Gasteiger partial charge in [0.15, 0.2) is 5.25 Å². The van der Waals surface area contributed by atoms with E-state index in [1.54, 1.807) is 6.92 Å². The summed E-state index contributed by atoms with van der Waals surface area (Å²) in [5.74, 6) is -1.38. The zero-order valence-electron chi connectivity index (χ0n) is 9.04. The Morgan fingerprint density at radius 2 is 1.87 bits per heavy atom. The smallest absolute Gasteiger partial charge is 0.323 e. The third kappa shape index (κ3) is 4.15. The van der Waals surface area contributed by atoms with Gasteiger partial charge < -0.3 is 10.2 Å². The molecule has 0 aromatic carbocycles. The molecule has 0 aromatic heterocycles. The SMILES string of the molecule is CC(O)CCN(C)S(=O)(=O)C(C)C(=O)O. The second-order valence-electron chi connectivity index (χ2n) is 3.48. The first-order chi connectivity index (χ1) is 6.69. The quantitative estimate of drug-likeness (QED) is 0.651. The molecule has 0 bridgehead atoms. The molecule has 2 atom stereocenters. The van der Waals surface area contributed by atoms with Crippen LogP contribution in [-0.2, 0) is 14.8 Å². The van der Waals surface area contributed by atoms with Gasteiger partial charge in [-0.3, -0.25) is 4.79 Å². The van der Waals surface area contributed by atoms with Crippen molar-refractivity contribution in [3.05, 3.63) is 0 Å². The monoisotopic (exact) mass is 239 g/mol. The molecule has 0 aliphatic rings. The third-order valence-corrected chi connectivity index (χ3v) is 4.24. The largest absolute Gasteiger partial charge is 0.480 e. The molecule has 6 nitrogen and oxygen atoms in total. The van der Waals surface area contributed by atoms with E-state index in [0.717, 1.165) is 11.2 Å². The van der Waals surface area contributed by atoms with Crippen molar-refractivity contribution >= 4 is 16.0 Å². The predicted octanol–water partition coefficient (Wildman–Crippen LogP) is -0.508. The van der Waals surface area contributed by atoms with E-state index in [1.807, 2.05) is 0 Å². The topological polar surface area (TPSA) is 94.9 Å². The summed E-state index contributed by atoms with van der Waals surface area (Å²) in [5, 5.41) is 16.1. The van der Waals surface area contributed by atoms with Crippen LogP contribution in [0.2, 0.25) is 0 Å². The molecule has 0 aliphatic heterocycles. The Balaban J connectivity index is 4.53. The van der Waals surface area contributed by atoms with E-state index in [-0.39, 0.29) is 13.0 Å². The van der Waals surface area contributed by atoms with Crippen LogP contribution in [-0.4, -0.2) is 53.9 Å². The fourth-order valence-corrected chi connectivity index (χ4v) is 2.05. The van der Waals surface area contributed by atoms with Crippen LogP contribution in [0.25, 0.3) is 0 Å². The maximum atomic E-state index is 11.5. The van der Waals surface area contributed by atoms with Gasteiger partial charge in [0.05, 0.1) is 6.10 Å². The average Bonchev–Trinajstić information content (AvgIpc) is 2.12. The zero-order valence-corrected chi connectivity index (χ0v) is 9.86. The molecular weight excluding hydrogens is 222 g/mol. The van der Waals surface area contributed by atoms with Gasteiger partial charge in [-0.15, -0.1) is 0 Å². The molecule has 0 amide bonds.